The molecule has 4 aromatic rings. The van der Waals surface area contributed by atoms with Gasteiger partial charge >= 0.3 is 0 Å². The Morgan fingerprint density at radius 1 is 1.13 bits per heavy atom. The summed E-state index contributed by atoms with van der Waals surface area (Å²) < 4.78 is 5.62. The van der Waals surface area contributed by atoms with Gasteiger partial charge in [-0.2, -0.15) is 0 Å². The Balaban J connectivity index is 1.36. The van der Waals surface area contributed by atoms with E-state index in [1.54, 1.807) is 11.3 Å². The van der Waals surface area contributed by atoms with E-state index < -0.39 is 0 Å². The zero-order valence-corrected chi connectivity index (χ0v) is 17.6. The Hall–Kier alpha value is -3.03. The van der Waals surface area contributed by atoms with E-state index in [0.29, 0.717) is 6.54 Å². The Kier molecular flexibility index (Phi) is 5.29. The standard InChI is InChI=1S/C23H23N5OS/c1-16-15-28(10-11-29-16)21-9-8-17(13-24-21)14-25-22-18-5-2-3-6-19(18)26-23(27-22)20-7-4-12-30-20/h2-9,12-13,16H,10-11,14-15H2,1H3,(H,25,26,27). The van der Waals surface area contributed by atoms with Crippen LogP contribution in [0.25, 0.3) is 21.6 Å². The highest BCUT2D eigenvalue weighted by Gasteiger charge is 2.17. The maximum Gasteiger partial charge on any atom is 0.172 e. The van der Waals surface area contributed by atoms with Gasteiger partial charge in [0.15, 0.2) is 5.82 Å². The lowest BCUT2D eigenvalue weighted by Gasteiger charge is -2.32. The van der Waals surface area contributed by atoms with E-state index in [9.17, 15) is 0 Å². The van der Waals surface area contributed by atoms with Crippen LogP contribution in [0.15, 0.2) is 60.1 Å². The van der Waals surface area contributed by atoms with Crippen LogP contribution in [0.1, 0.15) is 12.5 Å². The molecule has 1 unspecified atom stereocenters. The van der Waals surface area contributed by atoms with Gasteiger partial charge in [0.1, 0.15) is 11.6 Å². The van der Waals surface area contributed by atoms with Gasteiger partial charge in [-0.15, -0.1) is 11.3 Å². The van der Waals surface area contributed by atoms with Crippen LogP contribution in [-0.4, -0.2) is 40.8 Å². The molecule has 5 rings (SSSR count). The molecule has 6 nitrogen and oxygen atoms in total. The minimum absolute atomic E-state index is 0.241. The predicted octanol–water partition coefficient (Wildman–Crippen LogP) is 4.59. The fourth-order valence-corrected chi connectivity index (χ4v) is 4.31. The number of morpholine rings is 1. The SMILES string of the molecule is CC1CN(c2ccc(CNc3nc(-c4cccs4)nc4ccccc34)cn2)CCO1. The molecule has 1 fully saturated rings. The van der Waals surface area contributed by atoms with Crippen LogP contribution in [0.4, 0.5) is 11.6 Å². The van der Waals surface area contributed by atoms with Gasteiger partial charge in [-0.25, -0.2) is 15.0 Å². The van der Waals surface area contributed by atoms with Gasteiger partial charge in [0.25, 0.3) is 0 Å². The molecule has 1 aromatic carbocycles. The van der Waals surface area contributed by atoms with Crippen LogP contribution in [0.3, 0.4) is 0 Å². The molecule has 152 valence electrons. The molecule has 1 saturated heterocycles. The quantitative estimate of drug-likeness (QED) is 0.512. The van der Waals surface area contributed by atoms with Crippen molar-refractivity contribution in [3.63, 3.8) is 0 Å². The molecular formula is C23H23N5OS. The highest BCUT2D eigenvalue weighted by atomic mass is 32.1. The Morgan fingerprint density at radius 3 is 2.87 bits per heavy atom. The summed E-state index contributed by atoms with van der Waals surface area (Å²) in [6, 6.07) is 16.4. The molecular weight excluding hydrogens is 394 g/mol. The number of ether oxygens (including phenoxy) is 1. The van der Waals surface area contributed by atoms with Crippen LogP contribution in [-0.2, 0) is 11.3 Å². The van der Waals surface area contributed by atoms with E-state index in [4.69, 9.17) is 14.7 Å². The third-order valence-corrected chi connectivity index (χ3v) is 6.04. The number of nitrogens with zero attached hydrogens (tertiary/aromatic N) is 4. The number of benzene rings is 1. The average Bonchev–Trinajstić information content (AvgIpc) is 3.33. The van der Waals surface area contributed by atoms with E-state index >= 15 is 0 Å². The first-order valence-corrected chi connectivity index (χ1v) is 11.0. The van der Waals surface area contributed by atoms with Crippen molar-refractivity contribution in [2.45, 2.75) is 19.6 Å². The molecule has 0 amide bonds. The van der Waals surface area contributed by atoms with Crippen LogP contribution >= 0.6 is 11.3 Å². The molecule has 30 heavy (non-hydrogen) atoms. The summed E-state index contributed by atoms with van der Waals surface area (Å²) in [5.74, 6) is 2.59. The molecule has 7 heteroatoms. The van der Waals surface area contributed by atoms with Crippen molar-refractivity contribution in [2.24, 2.45) is 0 Å². The van der Waals surface area contributed by atoms with Crippen molar-refractivity contribution < 1.29 is 4.74 Å². The van der Waals surface area contributed by atoms with Gasteiger partial charge in [0.2, 0.25) is 0 Å². The monoisotopic (exact) mass is 417 g/mol. The fourth-order valence-electron chi connectivity index (χ4n) is 3.65. The lowest BCUT2D eigenvalue weighted by molar-refractivity contribution is 0.0529. The predicted molar refractivity (Wildman–Crippen MR) is 122 cm³/mol. The van der Waals surface area contributed by atoms with Gasteiger partial charge < -0.3 is 15.0 Å². The summed E-state index contributed by atoms with van der Waals surface area (Å²) in [5.41, 5.74) is 2.05. The van der Waals surface area contributed by atoms with Crippen LogP contribution < -0.4 is 10.2 Å². The minimum Gasteiger partial charge on any atom is -0.375 e. The zero-order chi connectivity index (χ0) is 20.3. The van der Waals surface area contributed by atoms with Crippen LogP contribution in [0.2, 0.25) is 0 Å². The molecule has 1 aliphatic rings. The third-order valence-electron chi connectivity index (χ3n) is 5.18. The molecule has 0 spiro atoms. The van der Waals surface area contributed by atoms with Crippen molar-refractivity contribution >= 4 is 33.9 Å². The highest BCUT2D eigenvalue weighted by Crippen LogP contribution is 2.27. The number of para-hydroxylation sites is 1. The van der Waals surface area contributed by atoms with E-state index in [2.05, 4.69) is 40.3 Å². The second-order valence-electron chi connectivity index (χ2n) is 7.40. The second-order valence-corrected chi connectivity index (χ2v) is 8.34. The van der Waals surface area contributed by atoms with Crippen LogP contribution in [0, 0.1) is 0 Å². The summed E-state index contributed by atoms with van der Waals surface area (Å²) in [7, 11) is 0. The molecule has 0 saturated carbocycles. The second kappa shape index (κ2) is 8.38. The fraction of sp³-hybridized carbons (Fsp3) is 0.261. The Morgan fingerprint density at radius 2 is 2.07 bits per heavy atom. The smallest absolute Gasteiger partial charge is 0.172 e. The first-order valence-electron chi connectivity index (χ1n) is 10.1. The number of fused-ring (bicyclic) bond motifs is 1. The van der Waals surface area contributed by atoms with Crippen LogP contribution in [0.5, 0.6) is 0 Å². The normalized spacial score (nSPS) is 16.7. The topological polar surface area (TPSA) is 63.2 Å². The molecule has 1 atom stereocenters. The van der Waals surface area contributed by atoms with Crippen molar-refractivity contribution in [1.29, 1.82) is 0 Å². The molecule has 1 aliphatic heterocycles. The maximum atomic E-state index is 5.62. The third kappa shape index (κ3) is 3.99. The van der Waals surface area contributed by atoms with Gasteiger partial charge in [-0.3, -0.25) is 0 Å². The van der Waals surface area contributed by atoms with Crippen molar-refractivity contribution in [3.8, 4) is 10.7 Å². The summed E-state index contributed by atoms with van der Waals surface area (Å²) >= 11 is 1.65. The molecule has 4 heterocycles. The van der Waals surface area contributed by atoms with Crippen molar-refractivity contribution in [3.05, 3.63) is 65.7 Å². The average molecular weight is 418 g/mol. The number of nitrogens with one attached hydrogen (secondary N) is 1. The Labute approximate surface area is 179 Å². The zero-order valence-electron chi connectivity index (χ0n) is 16.8. The lowest BCUT2D eigenvalue weighted by Crippen LogP contribution is -2.41. The van der Waals surface area contributed by atoms with Gasteiger partial charge in [-0.1, -0.05) is 24.3 Å². The summed E-state index contributed by atoms with van der Waals surface area (Å²) in [4.78, 5) is 17.5. The van der Waals surface area contributed by atoms with Crippen molar-refractivity contribution in [2.75, 3.05) is 29.9 Å². The lowest BCUT2D eigenvalue weighted by atomic mass is 10.2. The number of pyridine rings is 1. The number of thiophene rings is 1. The largest absolute Gasteiger partial charge is 0.375 e. The van der Waals surface area contributed by atoms with Gasteiger partial charge in [0.05, 0.1) is 23.1 Å². The molecule has 1 N–H and O–H groups in total. The maximum absolute atomic E-state index is 5.62. The summed E-state index contributed by atoms with van der Waals surface area (Å²) in [6.07, 6.45) is 2.18. The van der Waals surface area contributed by atoms with Crippen molar-refractivity contribution in [1.82, 2.24) is 15.0 Å². The molecule has 0 aliphatic carbocycles. The first kappa shape index (κ1) is 19.0. The van der Waals surface area contributed by atoms with E-state index in [1.807, 2.05) is 41.9 Å². The minimum atomic E-state index is 0.241. The number of anilines is 2. The highest BCUT2D eigenvalue weighted by molar-refractivity contribution is 7.13. The van der Waals surface area contributed by atoms with Gasteiger partial charge in [0, 0.05) is 31.2 Å². The van der Waals surface area contributed by atoms with E-state index in [-0.39, 0.29) is 6.10 Å². The summed E-state index contributed by atoms with van der Waals surface area (Å²) in [5, 5.41) is 6.56. The first-order chi connectivity index (χ1) is 14.8. The van der Waals surface area contributed by atoms with E-state index in [1.165, 1.54) is 0 Å². The number of hydrogen-bond acceptors (Lipinski definition) is 7. The number of rotatable bonds is 5. The summed E-state index contributed by atoms with van der Waals surface area (Å²) in [6.45, 7) is 5.26. The molecule has 0 radical (unpaired) electrons. The number of hydrogen-bond donors (Lipinski definition) is 1. The Bertz CT molecular complexity index is 1130. The molecule has 3 aromatic heterocycles. The van der Waals surface area contributed by atoms with E-state index in [0.717, 1.165) is 58.5 Å². The van der Waals surface area contributed by atoms with Gasteiger partial charge in [-0.05, 0) is 42.1 Å². The number of aromatic nitrogens is 3. The molecule has 0 bridgehead atoms.